The van der Waals surface area contributed by atoms with E-state index < -0.39 is 17.8 Å². The van der Waals surface area contributed by atoms with Gasteiger partial charge in [-0.1, -0.05) is 17.7 Å². The van der Waals surface area contributed by atoms with Crippen molar-refractivity contribution in [3.8, 4) is 5.75 Å². The Labute approximate surface area is 202 Å². The number of carboxylic acid groups (broad SMARTS) is 1. The van der Waals surface area contributed by atoms with E-state index in [2.05, 4.69) is 20.2 Å². The lowest BCUT2D eigenvalue weighted by Gasteiger charge is -2.30. The number of nitrogens with one attached hydrogen (secondary N) is 1. The fraction of sp³-hybridized carbons (Fsp3) is 0.375. The molecule has 0 aliphatic carbocycles. The van der Waals surface area contributed by atoms with Crippen LogP contribution in [-0.4, -0.2) is 71.2 Å². The molecule has 180 valence electrons. The van der Waals surface area contributed by atoms with E-state index >= 15 is 0 Å². The molecule has 10 heteroatoms. The summed E-state index contributed by atoms with van der Waals surface area (Å²) < 4.78 is 20.1. The maximum Gasteiger partial charge on any atom is 0.321 e. The Bertz CT molecular complexity index is 1210. The van der Waals surface area contributed by atoms with Crippen molar-refractivity contribution in [1.29, 1.82) is 0 Å². The van der Waals surface area contributed by atoms with E-state index in [9.17, 15) is 14.3 Å². The molecule has 34 heavy (non-hydrogen) atoms. The first kappa shape index (κ1) is 24.1. The van der Waals surface area contributed by atoms with Crippen molar-refractivity contribution in [1.82, 2.24) is 19.8 Å². The molecule has 4 rings (SSSR count). The number of benzene rings is 2. The Kier molecular flexibility index (Phi) is 7.16. The Morgan fingerprint density at radius 2 is 2.21 bits per heavy atom. The lowest BCUT2D eigenvalue weighted by molar-refractivity contribution is -0.145. The van der Waals surface area contributed by atoms with E-state index in [4.69, 9.17) is 16.3 Å². The summed E-state index contributed by atoms with van der Waals surface area (Å²) in [5, 5.41) is 13.6. The lowest BCUT2D eigenvalue weighted by atomic mass is 9.97. The van der Waals surface area contributed by atoms with Gasteiger partial charge < -0.3 is 20.1 Å². The molecule has 2 aromatic carbocycles. The van der Waals surface area contributed by atoms with Crippen LogP contribution in [0, 0.1) is 11.7 Å². The maximum absolute atomic E-state index is 14.5. The predicted octanol–water partition coefficient (Wildman–Crippen LogP) is 4.01. The lowest BCUT2D eigenvalue weighted by Crippen LogP contribution is -2.44. The van der Waals surface area contributed by atoms with Crippen LogP contribution >= 0.6 is 11.6 Å². The van der Waals surface area contributed by atoms with Crippen LogP contribution in [0.25, 0.3) is 10.9 Å². The summed E-state index contributed by atoms with van der Waals surface area (Å²) >= 11 is 5.92. The molecule has 1 saturated heterocycles. The molecular weight excluding hydrogens is 461 g/mol. The highest BCUT2D eigenvalue weighted by atomic mass is 35.5. The van der Waals surface area contributed by atoms with E-state index in [0.717, 1.165) is 25.1 Å². The van der Waals surface area contributed by atoms with Gasteiger partial charge in [-0.15, -0.1) is 0 Å². The molecule has 1 fully saturated rings. The molecule has 0 amide bonds. The summed E-state index contributed by atoms with van der Waals surface area (Å²) in [6, 6.07) is 7.69. The Morgan fingerprint density at radius 1 is 1.41 bits per heavy atom. The number of aliphatic carboxylic acids is 1. The molecule has 0 bridgehead atoms. The Balaban J connectivity index is 1.69. The van der Waals surface area contributed by atoms with Gasteiger partial charge in [0, 0.05) is 30.1 Å². The first-order valence-corrected chi connectivity index (χ1v) is 11.3. The number of fused-ring (bicyclic) bond motifs is 1. The largest absolute Gasteiger partial charge is 0.496 e. The summed E-state index contributed by atoms with van der Waals surface area (Å²) in [7, 11) is 5.37. The summed E-state index contributed by atoms with van der Waals surface area (Å²) in [5.74, 6) is -0.388. The van der Waals surface area contributed by atoms with Gasteiger partial charge in [-0.05, 0) is 51.2 Å². The summed E-state index contributed by atoms with van der Waals surface area (Å²) in [6.07, 6.45) is 2.22. The summed E-state index contributed by atoms with van der Waals surface area (Å²) in [6.45, 7) is 1.97. The fourth-order valence-corrected chi connectivity index (χ4v) is 4.79. The van der Waals surface area contributed by atoms with Crippen molar-refractivity contribution in [3.05, 3.63) is 53.1 Å². The number of rotatable bonds is 8. The van der Waals surface area contributed by atoms with E-state index in [-0.39, 0.29) is 16.6 Å². The molecule has 3 aromatic rings. The van der Waals surface area contributed by atoms with Crippen LogP contribution < -0.4 is 10.1 Å². The number of carboxylic acids is 1. The molecule has 1 aliphatic rings. The van der Waals surface area contributed by atoms with Gasteiger partial charge in [-0.3, -0.25) is 9.69 Å². The van der Waals surface area contributed by atoms with Gasteiger partial charge in [0.2, 0.25) is 0 Å². The van der Waals surface area contributed by atoms with Gasteiger partial charge >= 0.3 is 5.97 Å². The van der Waals surface area contributed by atoms with Crippen LogP contribution in [0.1, 0.15) is 12.0 Å². The summed E-state index contributed by atoms with van der Waals surface area (Å²) in [4.78, 5) is 24.7. The number of anilines is 2. The van der Waals surface area contributed by atoms with Crippen LogP contribution in [0.4, 0.5) is 15.9 Å². The first-order valence-electron chi connectivity index (χ1n) is 10.9. The molecule has 0 spiro atoms. The maximum atomic E-state index is 14.5. The van der Waals surface area contributed by atoms with Crippen molar-refractivity contribution in [2.24, 2.45) is 5.92 Å². The number of likely N-dealkylation sites (tertiary alicyclic amines) is 1. The van der Waals surface area contributed by atoms with Crippen molar-refractivity contribution >= 4 is 40.0 Å². The molecule has 2 N–H and O–H groups in total. The zero-order valence-electron chi connectivity index (χ0n) is 19.3. The number of halogens is 2. The fourth-order valence-electron chi connectivity index (χ4n) is 4.61. The highest BCUT2D eigenvalue weighted by Crippen LogP contribution is 2.33. The molecule has 0 saturated carbocycles. The Hall–Kier alpha value is -3.01. The van der Waals surface area contributed by atoms with E-state index in [1.165, 1.54) is 12.4 Å². The predicted molar refractivity (Wildman–Crippen MR) is 129 cm³/mol. The zero-order valence-corrected chi connectivity index (χ0v) is 20.0. The number of hydrogen-bond donors (Lipinski definition) is 2. The second-order valence-corrected chi connectivity index (χ2v) is 9.05. The van der Waals surface area contributed by atoms with Gasteiger partial charge in [-0.25, -0.2) is 14.4 Å². The minimum Gasteiger partial charge on any atom is -0.496 e. The van der Waals surface area contributed by atoms with E-state index in [1.807, 2.05) is 25.1 Å². The SMILES string of the molecule is COc1cc2ncnc(Nc3cccc(Cl)c3F)c2cc1CN(C)C(C(=O)O)C1CCN(C)C1. The first-order chi connectivity index (χ1) is 16.3. The van der Waals surface area contributed by atoms with Crippen molar-refractivity contribution in [3.63, 3.8) is 0 Å². The number of aromatic nitrogens is 2. The van der Waals surface area contributed by atoms with Gasteiger partial charge in [-0.2, -0.15) is 0 Å². The number of ether oxygens (including phenoxy) is 1. The average Bonchev–Trinajstić information content (AvgIpc) is 3.22. The van der Waals surface area contributed by atoms with Crippen LogP contribution in [0.5, 0.6) is 5.75 Å². The minimum atomic E-state index is -0.843. The van der Waals surface area contributed by atoms with Crippen LogP contribution in [0.15, 0.2) is 36.7 Å². The number of likely N-dealkylation sites (N-methyl/N-ethyl adjacent to an activating group) is 1. The van der Waals surface area contributed by atoms with E-state index in [1.54, 1.807) is 25.3 Å². The molecule has 8 nitrogen and oxygen atoms in total. The number of carbonyl (C=O) groups is 1. The van der Waals surface area contributed by atoms with Gasteiger partial charge in [0.05, 0.1) is 23.3 Å². The summed E-state index contributed by atoms with van der Waals surface area (Å²) in [5.41, 5.74) is 1.58. The minimum absolute atomic E-state index is 0.00427. The average molecular weight is 488 g/mol. The monoisotopic (exact) mass is 487 g/mol. The van der Waals surface area contributed by atoms with Gasteiger partial charge in [0.15, 0.2) is 5.82 Å². The third-order valence-electron chi connectivity index (χ3n) is 6.26. The smallest absolute Gasteiger partial charge is 0.321 e. The third kappa shape index (κ3) is 4.91. The van der Waals surface area contributed by atoms with Gasteiger partial charge in [0.1, 0.15) is 23.9 Å². The molecular formula is C24H27ClFN5O3. The number of hydrogen-bond acceptors (Lipinski definition) is 7. The standard InChI is InChI=1S/C24H27ClFN5O3/c1-30-8-7-14(11-30)22(24(32)33)31(2)12-15-9-16-19(10-20(15)34-3)27-13-28-23(16)29-18-6-4-5-17(25)21(18)26/h4-6,9-10,13-14,22H,7-8,11-12H2,1-3H3,(H,32,33)(H,27,28,29). The zero-order chi connectivity index (χ0) is 24.4. The quantitative estimate of drug-likeness (QED) is 0.492. The normalized spacial score (nSPS) is 17.3. The highest BCUT2D eigenvalue weighted by Gasteiger charge is 2.35. The molecule has 2 atom stereocenters. The molecule has 0 radical (unpaired) electrons. The molecule has 2 unspecified atom stereocenters. The van der Waals surface area contributed by atoms with E-state index in [0.29, 0.717) is 29.0 Å². The molecule has 2 heterocycles. The van der Waals surface area contributed by atoms with Crippen LogP contribution in [0.2, 0.25) is 5.02 Å². The highest BCUT2D eigenvalue weighted by molar-refractivity contribution is 6.31. The van der Waals surface area contributed by atoms with Crippen molar-refractivity contribution in [2.45, 2.75) is 19.0 Å². The Morgan fingerprint density at radius 3 is 2.88 bits per heavy atom. The number of methoxy groups -OCH3 is 1. The van der Waals surface area contributed by atoms with Crippen LogP contribution in [0.3, 0.4) is 0 Å². The second kappa shape index (κ2) is 10.1. The van der Waals surface area contributed by atoms with Crippen molar-refractivity contribution in [2.75, 3.05) is 39.6 Å². The topological polar surface area (TPSA) is 90.8 Å². The second-order valence-electron chi connectivity index (χ2n) is 8.64. The third-order valence-corrected chi connectivity index (χ3v) is 6.56. The molecule has 1 aromatic heterocycles. The van der Waals surface area contributed by atoms with Gasteiger partial charge in [0.25, 0.3) is 0 Å². The molecule has 1 aliphatic heterocycles. The van der Waals surface area contributed by atoms with Crippen LogP contribution in [-0.2, 0) is 11.3 Å². The number of nitrogens with zero attached hydrogens (tertiary/aromatic N) is 4. The van der Waals surface area contributed by atoms with Crippen molar-refractivity contribution < 1.29 is 19.0 Å².